The van der Waals surface area contributed by atoms with E-state index in [4.69, 9.17) is 5.73 Å². The second-order valence-electron chi connectivity index (χ2n) is 4.88. The van der Waals surface area contributed by atoms with Gasteiger partial charge in [-0.05, 0) is 43.9 Å². The summed E-state index contributed by atoms with van der Waals surface area (Å²) < 4.78 is 14.2. The molecule has 3 heteroatoms. The summed E-state index contributed by atoms with van der Waals surface area (Å²) in [5.41, 5.74) is 6.78. The van der Waals surface area contributed by atoms with Crippen LogP contribution >= 0.6 is 0 Å². The molecular formula is C13H19FN2. The third kappa shape index (κ3) is 2.73. The maximum atomic E-state index is 14.2. The van der Waals surface area contributed by atoms with Gasteiger partial charge in [-0.3, -0.25) is 0 Å². The molecule has 0 saturated heterocycles. The molecule has 0 bridgehead atoms. The van der Waals surface area contributed by atoms with Gasteiger partial charge in [0.15, 0.2) is 0 Å². The van der Waals surface area contributed by atoms with E-state index < -0.39 is 5.67 Å². The van der Waals surface area contributed by atoms with E-state index in [0.717, 1.165) is 12.1 Å². The standard InChI is InChI=1S/C13H19FN2/c1-10-3-2-4-12(7-10)16-9-13(14)6-5-11(15)8-13/h2-4,7,11,16H,5-6,8-9,15H2,1H3. The lowest BCUT2D eigenvalue weighted by Gasteiger charge is -2.20. The molecule has 1 aromatic rings. The molecule has 1 aliphatic carbocycles. The molecule has 1 aromatic carbocycles. The molecule has 16 heavy (non-hydrogen) atoms. The molecule has 2 nitrogen and oxygen atoms in total. The van der Waals surface area contributed by atoms with E-state index in [1.165, 1.54) is 5.56 Å². The highest BCUT2D eigenvalue weighted by Crippen LogP contribution is 2.32. The van der Waals surface area contributed by atoms with Crippen LogP contribution < -0.4 is 11.1 Å². The third-order valence-corrected chi connectivity index (χ3v) is 3.22. The van der Waals surface area contributed by atoms with Crippen LogP contribution in [-0.2, 0) is 0 Å². The SMILES string of the molecule is Cc1cccc(NCC2(F)CCC(N)C2)c1. The first kappa shape index (κ1) is 11.4. The van der Waals surface area contributed by atoms with Crippen molar-refractivity contribution in [3.8, 4) is 0 Å². The topological polar surface area (TPSA) is 38.0 Å². The van der Waals surface area contributed by atoms with Crippen LogP contribution in [0.3, 0.4) is 0 Å². The van der Waals surface area contributed by atoms with Gasteiger partial charge < -0.3 is 11.1 Å². The van der Waals surface area contributed by atoms with E-state index in [1.54, 1.807) is 0 Å². The van der Waals surface area contributed by atoms with E-state index in [-0.39, 0.29) is 6.04 Å². The maximum Gasteiger partial charge on any atom is 0.129 e. The summed E-state index contributed by atoms with van der Waals surface area (Å²) in [6.45, 7) is 2.39. The summed E-state index contributed by atoms with van der Waals surface area (Å²) >= 11 is 0. The Hall–Kier alpha value is -1.09. The molecule has 2 unspecified atom stereocenters. The number of halogens is 1. The van der Waals surface area contributed by atoms with Gasteiger partial charge in [0.25, 0.3) is 0 Å². The zero-order valence-electron chi connectivity index (χ0n) is 9.67. The van der Waals surface area contributed by atoms with Crippen LogP contribution in [0.15, 0.2) is 24.3 Å². The minimum atomic E-state index is -1.12. The van der Waals surface area contributed by atoms with Gasteiger partial charge in [-0.25, -0.2) is 4.39 Å². The van der Waals surface area contributed by atoms with Crippen molar-refractivity contribution in [2.75, 3.05) is 11.9 Å². The normalized spacial score (nSPS) is 29.3. The average molecular weight is 222 g/mol. The summed E-state index contributed by atoms with van der Waals surface area (Å²) in [5, 5.41) is 3.16. The molecule has 1 aliphatic rings. The molecule has 2 rings (SSSR count). The lowest BCUT2D eigenvalue weighted by Crippen LogP contribution is -2.31. The Morgan fingerprint density at radius 1 is 1.56 bits per heavy atom. The van der Waals surface area contributed by atoms with Crippen molar-refractivity contribution >= 4 is 5.69 Å². The Morgan fingerprint density at radius 2 is 2.38 bits per heavy atom. The van der Waals surface area contributed by atoms with Crippen molar-refractivity contribution in [3.63, 3.8) is 0 Å². The molecule has 0 heterocycles. The number of rotatable bonds is 3. The molecule has 1 fully saturated rings. The van der Waals surface area contributed by atoms with Crippen LogP contribution in [0.2, 0.25) is 0 Å². The fourth-order valence-electron chi connectivity index (χ4n) is 2.29. The highest BCUT2D eigenvalue weighted by Gasteiger charge is 2.37. The molecule has 88 valence electrons. The van der Waals surface area contributed by atoms with Crippen molar-refractivity contribution < 1.29 is 4.39 Å². The lowest BCUT2D eigenvalue weighted by atomic mass is 10.0. The van der Waals surface area contributed by atoms with Crippen LogP contribution in [0.5, 0.6) is 0 Å². The van der Waals surface area contributed by atoms with Crippen LogP contribution in [-0.4, -0.2) is 18.3 Å². The van der Waals surface area contributed by atoms with Crippen molar-refractivity contribution in [1.82, 2.24) is 0 Å². The van der Waals surface area contributed by atoms with E-state index in [9.17, 15) is 4.39 Å². The molecule has 0 radical (unpaired) electrons. The third-order valence-electron chi connectivity index (χ3n) is 3.22. The van der Waals surface area contributed by atoms with Crippen molar-refractivity contribution in [2.45, 2.75) is 37.9 Å². The van der Waals surface area contributed by atoms with Gasteiger partial charge >= 0.3 is 0 Å². The second-order valence-corrected chi connectivity index (χ2v) is 4.88. The monoisotopic (exact) mass is 222 g/mol. The number of alkyl halides is 1. The maximum absolute atomic E-state index is 14.2. The van der Waals surface area contributed by atoms with Gasteiger partial charge in [-0.2, -0.15) is 0 Å². The number of benzene rings is 1. The highest BCUT2D eigenvalue weighted by atomic mass is 19.1. The second kappa shape index (κ2) is 4.42. The van der Waals surface area contributed by atoms with Crippen LogP contribution in [0.1, 0.15) is 24.8 Å². The predicted octanol–water partition coefficient (Wildman–Crippen LogP) is 2.63. The van der Waals surface area contributed by atoms with Crippen molar-refractivity contribution in [1.29, 1.82) is 0 Å². The molecule has 0 amide bonds. The zero-order valence-corrected chi connectivity index (χ0v) is 9.67. The predicted molar refractivity (Wildman–Crippen MR) is 65.3 cm³/mol. The summed E-state index contributed by atoms with van der Waals surface area (Å²) in [6.07, 6.45) is 1.85. The molecule has 3 N–H and O–H groups in total. The molecule has 0 aromatic heterocycles. The number of hydrogen-bond acceptors (Lipinski definition) is 2. The summed E-state index contributed by atoms with van der Waals surface area (Å²) in [4.78, 5) is 0. The van der Waals surface area contributed by atoms with E-state index in [0.29, 0.717) is 19.4 Å². The number of nitrogens with two attached hydrogens (primary N) is 1. The molecule has 0 aliphatic heterocycles. The largest absolute Gasteiger partial charge is 0.382 e. The van der Waals surface area contributed by atoms with Crippen molar-refractivity contribution in [2.24, 2.45) is 5.73 Å². The average Bonchev–Trinajstić information content (AvgIpc) is 2.57. The lowest BCUT2D eigenvalue weighted by molar-refractivity contribution is 0.187. The minimum Gasteiger partial charge on any atom is -0.382 e. The van der Waals surface area contributed by atoms with E-state index in [1.807, 2.05) is 31.2 Å². The quantitative estimate of drug-likeness (QED) is 0.825. The van der Waals surface area contributed by atoms with Crippen LogP contribution in [0, 0.1) is 6.92 Å². The summed E-state index contributed by atoms with van der Waals surface area (Å²) in [5.74, 6) is 0. The minimum absolute atomic E-state index is 0.0318. The molecule has 0 spiro atoms. The Kier molecular flexibility index (Phi) is 3.15. The molecule has 1 saturated carbocycles. The number of hydrogen-bond donors (Lipinski definition) is 2. The van der Waals surface area contributed by atoms with Crippen molar-refractivity contribution in [3.05, 3.63) is 29.8 Å². The fraction of sp³-hybridized carbons (Fsp3) is 0.538. The fourth-order valence-corrected chi connectivity index (χ4v) is 2.29. The number of aryl methyl sites for hydroxylation is 1. The van der Waals surface area contributed by atoms with Crippen LogP contribution in [0.25, 0.3) is 0 Å². The number of anilines is 1. The molecule has 2 atom stereocenters. The van der Waals surface area contributed by atoms with Gasteiger partial charge in [0, 0.05) is 18.3 Å². The first-order valence-corrected chi connectivity index (χ1v) is 5.82. The first-order chi connectivity index (χ1) is 7.57. The highest BCUT2D eigenvalue weighted by molar-refractivity contribution is 5.45. The number of nitrogens with one attached hydrogen (secondary N) is 1. The van der Waals surface area contributed by atoms with Gasteiger partial charge in [0.2, 0.25) is 0 Å². The summed E-state index contributed by atoms with van der Waals surface area (Å²) in [7, 11) is 0. The van der Waals surface area contributed by atoms with E-state index >= 15 is 0 Å². The van der Waals surface area contributed by atoms with Gasteiger partial charge in [-0.1, -0.05) is 12.1 Å². The van der Waals surface area contributed by atoms with Gasteiger partial charge in [-0.15, -0.1) is 0 Å². The van der Waals surface area contributed by atoms with Gasteiger partial charge in [0.1, 0.15) is 5.67 Å². The van der Waals surface area contributed by atoms with E-state index in [2.05, 4.69) is 5.32 Å². The summed E-state index contributed by atoms with van der Waals surface area (Å²) in [6, 6.07) is 8.03. The first-order valence-electron chi connectivity index (χ1n) is 5.82. The van der Waals surface area contributed by atoms with Gasteiger partial charge in [0.05, 0.1) is 0 Å². The zero-order chi connectivity index (χ0) is 11.6. The Balaban J connectivity index is 1.92. The Labute approximate surface area is 96.0 Å². The molecular weight excluding hydrogens is 203 g/mol. The van der Waals surface area contributed by atoms with Crippen LogP contribution in [0.4, 0.5) is 10.1 Å². The Morgan fingerprint density at radius 3 is 3.00 bits per heavy atom. The Bertz CT molecular complexity index is 367. The smallest absolute Gasteiger partial charge is 0.129 e.